The molecule has 0 aliphatic rings. The van der Waals surface area contributed by atoms with Gasteiger partial charge in [-0.15, -0.1) is 0 Å². The van der Waals surface area contributed by atoms with Gasteiger partial charge in [-0.3, -0.25) is 4.72 Å². The second-order valence-corrected chi connectivity index (χ2v) is 8.28. The predicted molar refractivity (Wildman–Crippen MR) is 91.2 cm³/mol. The van der Waals surface area contributed by atoms with E-state index < -0.39 is 15.8 Å². The molecule has 2 aromatic carbocycles. The second-order valence-electron chi connectivity index (χ2n) is 4.04. The fraction of sp³-hybridized carbons (Fsp3) is 0. The third-order valence-electron chi connectivity index (χ3n) is 2.48. The monoisotopic (exact) mass is 500 g/mol. The van der Waals surface area contributed by atoms with Crippen LogP contribution >= 0.6 is 47.8 Å². The van der Waals surface area contributed by atoms with Crippen molar-refractivity contribution in [1.82, 2.24) is 0 Å². The number of sulfonamides is 1. The van der Waals surface area contributed by atoms with Gasteiger partial charge in [-0.25, -0.2) is 12.8 Å². The highest BCUT2D eigenvalue weighted by Gasteiger charge is 2.22. The summed E-state index contributed by atoms with van der Waals surface area (Å²) in [5.74, 6) is -0.571. The molecule has 2 rings (SSSR count). The quantitative estimate of drug-likeness (QED) is 0.607. The van der Waals surface area contributed by atoms with Gasteiger partial charge in [0.25, 0.3) is 10.0 Å². The van der Waals surface area contributed by atoms with Crippen LogP contribution in [-0.2, 0) is 10.0 Å². The molecule has 112 valence electrons. The summed E-state index contributed by atoms with van der Waals surface area (Å²) in [4.78, 5) is -0.103. The highest BCUT2D eigenvalue weighted by atomic mass is 79.9. The van der Waals surface area contributed by atoms with E-state index in [2.05, 4.69) is 52.5 Å². The van der Waals surface area contributed by atoms with E-state index in [4.69, 9.17) is 5.73 Å². The smallest absolute Gasteiger partial charge is 0.265 e. The van der Waals surface area contributed by atoms with Gasteiger partial charge in [-0.05, 0) is 62.2 Å². The van der Waals surface area contributed by atoms with Gasteiger partial charge in [0.2, 0.25) is 0 Å². The first-order valence-corrected chi connectivity index (χ1v) is 9.29. The van der Waals surface area contributed by atoms with Crippen LogP contribution in [0.25, 0.3) is 0 Å². The summed E-state index contributed by atoms with van der Waals surface area (Å²) in [6, 6.07) is 6.96. The molecule has 0 bridgehead atoms. The van der Waals surface area contributed by atoms with E-state index >= 15 is 0 Å². The lowest BCUT2D eigenvalue weighted by Crippen LogP contribution is -2.15. The lowest BCUT2D eigenvalue weighted by Gasteiger charge is -2.12. The molecule has 0 amide bonds. The second kappa shape index (κ2) is 6.23. The molecule has 4 nitrogen and oxygen atoms in total. The minimum Gasteiger partial charge on any atom is -0.398 e. The fourth-order valence-corrected chi connectivity index (χ4v) is 5.00. The molecule has 0 saturated carbocycles. The van der Waals surface area contributed by atoms with Crippen molar-refractivity contribution in [3.05, 3.63) is 49.6 Å². The first-order chi connectivity index (χ1) is 9.70. The zero-order valence-electron chi connectivity index (χ0n) is 10.2. The molecule has 0 aliphatic carbocycles. The van der Waals surface area contributed by atoms with Crippen LogP contribution in [0.3, 0.4) is 0 Å². The molecule has 0 fully saturated rings. The first-order valence-electron chi connectivity index (χ1n) is 5.43. The summed E-state index contributed by atoms with van der Waals surface area (Å²) in [5, 5.41) is 0. The van der Waals surface area contributed by atoms with Crippen molar-refractivity contribution in [1.29, 1.82) is 0 Å². The molecule has 0 spiro atoms. The van der Waals surface area contributed by atoms with E-state index in [0.717, 1.165) is 6.07 Å². The van der Waals surface area contributed by atoms with E-state index in [9.17, 15) is 12.8 Å². The number of hydrogen-bond donors (Lipinski definition) is 2. The Balaban J connectivity index is 2.46. The fourth-order valence-electron chi connectivity index (χ4n) is 1.63. The molecule has 0 aliphatic heterocycles. The van der Waals surface area contributed by atoms with Gasteiger partial charge in [-0.1, -0.05) is 15.9 Å². The summed E-state index contributed by atoms with van der Waals surface area (Å²) in [6.07, 6.45) is 0. The number of nitrogens with two attached hydrogens (primary N) is 1. The van der Waals surface area contributed by atoms with E-state index in [0.29, 0.717) is 8.95 Å². The zero-order chi connectivity index (χ0) is 15.8. The molecule has 0 saturated heterocycles. The Bertz CT molecular complexity index is 789. The molecule has 0 radical (unpaired) electrons. The Kier molecular flexibility index (Phi) is 4.96. The van der Waals surface area contributed by atoms with Crippen molar-refractivity contribution in [3.8, 4) is 0 Å². The maximum atomic E-state index is 13.4. The van der Waals surface area contributed by atoms with Gasteiger partial charge in [0.1, 0.15) is 10.7 Å². The minimum atomic E-state index is -3.95. The van der Waals surface area contributed by atoms with Crippen molar-refractivity contribution < 1.29 is 12.8 Å². The number of nitrogens with one attached hydrogen (secondary N) is 1. The number of nitrogen functional groups attached to an aromatic ring is 1. The maximum Gasteiger partial charge on any atom is 0.265 e. The van der Waals surface area contributed by atoms with Gasteiger partial charge in [0, 0.05) is 8.95 Å². The molecule has 0 unspecified atom stereocenters. The Morgan fingerprint density at radius 1 is 1.05 bits per heavy atom. The van der Waals surface area contributed by atoms with Crippen LogP contribution in [-0.4, -0.2) is 8.42 Å². The topological polar surface area (TPSA) is 72.2 Å². The summed E-state index contributed by atoms with van der Waals surface area (Å²) in [7, 11) is -3.95. The molecular formula is C12H8Br3FN2O2S. The Morgan fingerprint density at radius 3 is 2.29 bits per heavy atom. The highest BCUT2D eigenvalue weighted by Crippen LogP contribution is 2.33. The highest BCUT2D eigenvalue weighted by molar-refractivity contribution is 9.11. The third kappa shape index (κ3) is 3.77. The molecule has 3 N–H and O–H groups in total. The van der Waals surface area contributed by atoms with Crippen LogP contribution in [0.15, 0.2) is 48.6 Å². The molecule has 2 aromatic rings. The van der Waals surface area contributed by atoms with Crippen LogP contribution < -0.4 is 10.5 Å². The van der Waals surface area contributed by atoms with E-state index in [1.807, 2.05) is 0 Å². The van der Waals surface area contributed by atoms with Gasteiger partial charge in [0.05, 0.1) is 15.8 Å². The van der Waals surface area contributed by atoms with Crippen LogP contribution in [0.2, 0.25) is 0 Å². The predicted octanol–water partition coefficient (Wildman–Crippen LogP) is 4.50. The van der Waals surface area contributed by atoms with Gasteiger partial charge < -0.3 is 5.73 Å². The number of benzene rings is 2. The zero-order valence-corrected chi connectivity index (χ0v) is 15.8. The first kappa shape index (κ1) is 16.7. The lowest BCUT2D eigenvalue weighted by atomic mass is 10.3. The van der Waals surface area contributed by atoms with Gasteiger partial charge in [0.15, 0.2) is 0 Å². The van der Waals surface area contributed by atoms with E-state index in [1.165, 1.54) is 18.2 Å². The molecule has 9 heteroatoms. The minimum absolute atomic E-state index is 0.0707. The number of rotatable bonds is 3. The maximum absolute atomic E-state index is 13.4. The lowest BCUT2D eigenvalue weighted by molar-refractivity contribution is 0.601. The van der Waals surface area contributed by atoms with Crippen molar-refractivity contribution >= 4 is 69.2 Å². The van der Waals surface area contributed by atoms with Crippen LogP contribution in [0.4, 0.5) is 15.8 Å². The Labute approximate surface area is 146 Å². The summed E-state index contributed by atoms with van der Waals surface area (Å²) >= 11 is 9.38. The summed E-state index contributed by atoms with van der Waals surface area (Å²) in [6.45, 7) is 0. The summed E-state index contributed by atoms with van der Waals surface area (Å²) in [5.41, 5.74) is 5.93. The molecule has 0 aromatic heterocycles. The molecule has 0 heterocycles. The normalized spacial score (nSPS) is 11.4. The Hall–Kier alpha value is -0.640. The van der Waals surface area contributed by atoms with Gasteiger partial charge >= 0.3 is 0 Å². The SMILES string of the molecule is Nc1cc(Br)cc(Br)c1S(=O)(=O)Nc1ccc(Br)c(F)c1. The van der Waals surface area contributed by atoms with Crippen molar-refractivity contribution in [2.75, 3.05) is 10.5 Å². The number of hydrogen-bond acceptors (Lipinski definition) is 3. The standard InChI is InChI=1S/C12H8Br3FN2O2S/c13-6-3-9(15)12(11(17)4-6)21(19,20)18-7-1-2-8(14)10(16)5-7/h1-5,18H,17H2. The molecular weight excluding hydrogens is 495 g/mol. The average Bonchev–Trinajstić information content (AvgIpc) is 2.31. The van der Waals surface area contributed by atoms with Crippen LogP contribution in [0.5, 0.6) is 0 Å². The molecule has 21 heavy (non-hydrogen) atoms. The van der Waals surface area contributed by atoms with Crippen LogP contribution in [0.1, 0.15) is 0 Å². The van der Waals surface area contributed by atoms with Gasteiger partial charge in [-0.2, -0.15) is 0 Å². The van der Waals surface area contributed by atoms with Crippen molar-refractivity contribution in [2.45, 2.75) is 4.90 Å². The number of halogens is 4. The summed E-state index contributed by atoms with van der Waals surface area (Å²) < 4.78 is 41.7. The number of anilines is 2. The largest absolute Gasteiger partial charge is 0.398 e. The van der Waals surface area contributed by atoms with Crippen LogP contribution in [0, 0.1) is 5.82 Å². The third-order valence-corrected chi connectivity index (χ3v) is 5.96. The Morgan fingerprint density at radius 2 is 1.71 bits per heavy atom. The van der Waals surface area contributed by atoms with E-state index in [-0.39, 0.29) is 20.7 Å². The van der Waals surface area contributed by atoms with E-state index in [1.54, 1.807) is 6.07 Å². The van der Waals surface area contributed by atoms with Crippen molar-refractivity contribution in [3.63, 3.8) is 0 Å². The van der Waals surface area contributed by atoms with Crippen molar-refractivity contribution in [2.24, 2.45) is 0 Å². The average molecular weight is 503 g/mol. The molecule has 0 atom stereocenters.